The summed E-state index contributed by atoms with van der Waals surface area (Å²) in [6, 6.07) is 10.1. The smallest absolute Gasteiger partial charge is 0.237 e. The van der Waals surface area contributed by atoms with Gasteiger partial charge in [-0.3, -0.25) is 14.6 Å². The Balaban J connectivity index is 1.33. The number of amides is 2. The number of hydrogen-bond acceptors (Lipinski definition) is 7. The Bertz CT molecular complexity index is 1390. The molecular formula is C22H24ClN5O4S2. The Labute approximate surface area is 205 Å². The lowest BCUT2D eigenvalue weighted by Gasteiger charge is -2.33. The number of carbonyl (C=O) groups is 2. The van der Waals surface area contributed by atoms with Gasteiger partial charge in [-0.2, -0.15) is 0 Å². The third-order valence-corrected chi connectivity index (χ3v) is 8.27. The van der Waals surface area contributed by atoms with Crippen LogP contribution in [0, 0.1) is 0 Å². The minimum absolute atomic E-state index is 0.0558. The molecule has 0 aliphatic carbocycles. The number of nitrogens with two attached hydrogens (primary N) is 1. The molecule has 34 heavy (non-hydrogen) atoms. The zero-order valence-corrected chi connectivity index (χ0v) is 20.7. The zero-order valence-electron chi connectivity index (χ0n) is 18.3. The maximum absolute atomic E-state index is 12.8. The average Bonchev–Trinajstić information content (AvgIpc) is 3.23. The number of sulfone groups is 1. The maximum atomic E-state index is 12.8. The minimum Gasteiger partial charge on any atom is -0.368 e. The SMILES string of the molecule is NC(=O)Cn1ccs/c1=N\N1CCN(C(=O)CCS(=O)(=O)c2ccc3cc(Cl)ccc3c2)CC1. The van der Waals surface area contributed by atoms with Crippen molar-refractivity contribution >= 4 is 55.4 Å². The molecule has 0 saturated carbocycles. The average molecular weight is 522 g/mol. The van der Waals surface area contributed by atoms with Crippen LogP contribution in [0.15, 0.2) is 58.0 Å². The van der Waals surface area contributed by atoms with Crippen LogP contribution in [0.1, 0.15) is 6.42 Å². The first-order valence-electron chi connectivity index (χ1n) is 10.6. The summed E-state index contributed by atoms with van der Waals surface area (Å²) in [6.07, 6.45) is 1.67. The molecule has 0 atom stereocenters. The van der Waals surface area contributed by atoms with Gasteiger partial charge in [0.2, 0.25) is 16.6 Å². The fourth-order valence-corrected chi connectivity index (χ4v) is 5.91. The first-order valence-corrected chi connectivity index (χ1v) is 13.5. The highest BCUT2D eigenvalue weighted by atomic mass is 35.5. The summed E-state index contributed by atoms with van der Waals surface area (Å²) in [4.78, 5) is 26.4. The number of fused-ring (bicyclic) bond motifs is 1. The first-order chi connectivity index (χ1) is 16.2. The predicted molar refractivity (Wildman–Crippen MR) is 131 cm³/mol. The zero-order chi connectivity index (χ0) is 24.3. The number of primary amides is 1. The Hall–Kier alpha value is -2.89. The molecule has 2 amide bonds. The predicted octanol–water partition coefficient (Wildman–Crippen LogP) is 1.67. The van der Waals surface area contributed by atoms with Crippen LogP contribution >= 0.6 is 22.9 Å². The lowest BCUT2D eigenvalue weighted by atomic mass is 10.1. The fraction of sp³-hybridized carbons (Fsp3) is 0.318. The molecule has 1 aliphatic heterocycles. The van der Waals surface area contributed by atoms with E-state index in [1.165, 1.54) is 11.3 Å². The van der Waals surface area contributed by atoms with Crippen LogP contribution in [-0.4, -0.2) is 66.6 Å². The third-order valence-electron chi connectivity index (χ3n) is 5.54. The van der Waals surface area contributed by atoms with E-state index in [0.717, 1.165) is 10.8 Å². The van der Waals surface area contributed by atoms with Gasteiger partial charge in [-0.15, -0.1) is 16.4 Å². The Morgan fingerprint density at radius 3 is 2.50 bits per heavy atom. The summed E-state index contributed by atoms with van der Waals surface area (Å²) in [5.41, 5.74) is 5.26. The van der Waals surface area contributed by atoms with Crippen LogP contribution in [0.3, 0.4) is 0 Å². The summed E-state index contributed by atoms with van der Waals surface area (Å²) >= 11 is 7.38. The van der Waals surface area contributed by atoms with E-state index in [0.29, 0.717) is 36.0 Å². The normalized spacial score (nSPS) is 15.1. The van der Waals surface area contributed by atoms with Gasteiger partial charge in [0.05, 0.1) is 23.7 Å². The summed E-state index contributed by atoms with van der Waals surface area (Å²) in [5, 5.41) is 10.4. The molecule has 0 radical (unpaired) electrons. The molecule has 0 spiro atoms. The fourth-order valence-electron chi connectivity index (χ4n) is 3.72. The number of aromatic nitrogens is 1. The molecule has 1 saturated heterocycles. The van der Waals surface area contributed by atoms with E-state index in [2.05, 4.69) is 5.10 Å². The van der Waals surface area contributed by atoms with Crippen molar-refractivity contribution in [2.75, 3.05) is 31.9 Å². The summed E-state index contributed by atoms with van der Waals surface area (Å²) in [6.45, 7) is 1.97. The topological polar surface area (TPSA) is 118 Å². The lowest BCUT2D eigenvalue weighted by Crippen LogP contribution is -2.47. The number of hydrogen-bond donors (Lipinski definition) is 1. The highest BCUT2D eigenvalue weighted by Crippen LogP contribution is 2.23. The second-order valence-corrected chi connectivity index (χ2v) is 11.4. The standard InChI is InChI=1S/C22H24ClN5O4S2/c23-18-3-1-17-14-19(4-2-16(17)13-18)34(31,32)12-5-21(30)26-6-8-28(9-7-26)25-22-27(10-11-33-22)15-20(24)29/h1-4,10-11,13-14H,5-9,12,15H2,(H2,24,29)/b25-22-. The van der Waals surface area contributed by atoms with E-state index >= 15 is 0 Å². The van der Waals surface area contributed by atoms with Gasteiger partial charge >= 0.3 is 0 Å². The molecule has 9 nitrogen and oxygen atoms in total. The first kappa shape index (κ1) is 24.2. The van der Waals surface area contributed by atoms with Gasteiger partial charge in [-0.05, 0) is 35.0 Å². The van der Waals surface area contributed by atoms with E-state index in [9.17, 15) is 18.0 Å². The molecule has 3 aromatic rings. The molecule has 180 valence electrons. The van der Waals surface area contributed by atoms with E-state index in [4.69, 9.17) is 17.3 Å². The quantitative estimate of drug-likeness (QED) is 0.507. The lowest BCUT2D eigenvalue weighted by molar-refractivity contribution is -0.132. The number of rotatable bonds is 7. The highest BCUT2D eigenvalue weighted by molar-refractivity contribution is 7.91. The van der Waals surface area contributed by atoms with Gasteiger partial charge in [0.15, 0.2) is 9.84 Å². The molecule has 12 heteroatoms. The number of carbonyl (C=O) groups excluding carboxylic acids is 2. The summed E-state index contributed by atoms with van der Waals surface area (Å²) in [7, 11) is -3.60. The number of thiazole rings is 1. The molecule has 0 unspecified atom stereocenters. The van der Waals surface area contributed by atoms with Crippen LogP contribution in [0.4, 0.5) is 0 Å². The number of benzene rings is 2. The van der Waals surface area contributed by atoms with Crippen molar-refractivity contribution in [1.29, 1.82) is 0 Å². The van der Waals surface area contributed by atoms with Crippen molar-refractivity contribution in [3.8, 4) is 0 Å². The largest absolute Gasteiger partial charge is 0.368 e. The molecular weight excluding hydrogens is 498 g/mol. The molecule has 0 bridgehead atoms. The van der Waals surface area contributed by atoms with Gasteiger partial charge < -0.3 is 15.2 Å². The summed E-state index contributed by atoms with van der Waals surface area (Å²) in [5.74, 6) is -0.897. The third kappa shape index (κ3) is 5.78. The number of piperazine rings is 1. The van der Waals surface area contributed by atoms with Crippen LogP contribution in [0.5, 0.6) is 0 Å². The van der Waals surface area contributed by atoms with E-state index < -0.39 is 15.7 Å². The van der Waals surface area contributed by atoms with Gasteiger partial charge in [0.1, 0.15) is 6.54 Å². The molecule has 2 aromatic carbocycles. The monoisotopic (exact) mass is 521 g/mol. The van der Waals surface area contributed by atoms with Crippen LogP contribution in [-0.2, 0) is 26.0 Å². The van der Waals surface area contributed by atoms with Crippen molar-refractivity contribution in [3.05, 3.63) is 57.8 Å². The van der Waals surface area contributed by atoms with Crippen molar-refractivity contribution in [2.45, 2.75) is 17.9 Å². The molecule has 4 rings (SSSR count). The van der Waals surface area contributed by atoms with E-state index in [1.54, 1.807) is 52.1 Å². The molecule has 2 heterocycles. The van der Waals surface area contributed by atoms with E-state index in [1.807, 2.05) is 10.4 Å². The Morgan fingerprint density at radius 2 is 1.76 bits per heavy atom. The van der Waals surface area contributed by atoms with E-state index in [-0.39, 0.29) is 29.5 Å². The number of nitrogens with zero attached hydrogens (tertiary/aromatic N) is 4. The molecule has 1 aliphatic rings. The van der Waals surface area contributed by atoms with Crippen molar-refractivity contribution < 1.29 is 18.0 Å². The van der Waals surface area contributed by atoms with Crippen molar-refractivity contribution in [3.63, 3.8) is 0 Å². The second kappa shape index (κ2) is 10.2. The van der Waals surface area contributed by atoms with Gasteiger partial charge in [0.25, 0.3) is 0 Å². The second-order valence-electron chi connectivity index (χ2n) is 7.94. The molecule has 1 fully saturated rings. The van der Waals surface area contributed by atoms with Crippen LogP contribution in [0.2, 0.25) is 5.02 Å². The van der Waals surface area contributed by atoms with Crippen molar-refractivity contribution in [1.82, 2.24) is 14.5 Å². The Morgan fingerprint density at radius 1 is 1.06 bits per heavy atom. The van der Waals surface area contributed by atoms with Crippen LogP contribution in [0.25, 0.3) is 10.8 Å². The molecule has 1 aromatic heterocycles. The van der Waals surface area contributed by atoms with Gasteiger partial charge in [-0.25, -0.2) is 8.42 Å². The highest BCUT2D eigenvalue weighted by Gasteiger charge is 2.23. The van der Waals surface area contributed by atoms with Gasteiger partial charge in [0, 0.05) is 36.1 Å². The summed E-state index contributed by atoms with van der Waals surface area (Å²) < 4.78 is 27.3. The van der Waals surface area contributed by atoms with Crippen molar-refractivity contribution in [2.24, 2.45) is 10.8 Å². The minimum atomic E-state index is -3.60. The molecule has 2 N–H and O–H groups in total. The maximum Gasteiger partial charge on any atom is 0.237 e. The Kier molecular flexibility index (Phi) is 7.24. The van der Waals surface area contributed by atoms with Gasteiger partial charge in [-0.1, -0.05) is 23.7 Å². The van der Waals surface area contributed by atoms with Crippen LogP contribution < -0.4 is 10.5 Å². The number of halogens is 1.